The lowest BCUT2D eigenvalue weighted by atomic mass is 9.92. The van der Waals surface area contributed by atoms with Crippen molar-refractivity contribution in [2.45, 2.75) is 125 Å². The molecule has 10 aromatic carbocycles. The first-order valence-corrected chi connectivity index (χ1v) is 39.9. The van der Waals surface area contributed by atoms with Crippen LogP contribution in [0.15, 0.2) is 303 Å². The van der Waals surface area contributed by atoms with Crippen LogP contribution >= 0.6 is 0 Å². The first-order valence-electron chi connectivity index (χ1n) is 39.9. The van der Waals surface area contributed by atoms with Crippen LogP contribution < -0.4 is 0 Å². The highest BCUT2D eigenvalue weighted by molar-refractivity contribution is 5.95. The van der Waals surface area contributed by atoms with Gasteiger partial charge >= 0.3 is 77.6 Å². The van der Waals surface area contributed by atoms with E-state index in [0.29, 0.717) is 0 Å². The van der Waals surface area contributed by atoms with Gasteiger partial charge in [0.15, 0.2) is 67.5 Å². The van der Waals surface area contributed by atoms with Crippen molar-refractivity contribution < 1.29 is 148 Å². The van der Waals surface area contributed by atoms with Crippen molar-refractivity contribution >= 4 is 77.6 Å². The first kappa shape index (κ1) is 89.9. The molecule has 3 aliphatic rings. The molecule has 652 valence electrons. The summed E-state index contributed by atoms with van der Waals surface area (Å²) in [4.78, 5) is 193. The predicted molar refractivity (Wildman–Crippen MR) is 438 cm³/mol. The van der Waals surface area contributed by atoms with E-state index >= 15 is 33.6 Å². The summed E-state index contributed by atoms with van der Waals surface area (Å²) in [6.45, 7) is -0.331. The zero-order valence-electron chi connectivity index (χ0n) is 68.0. The van der Waals surface area contributed by atoms with E-state index in [1.54, 1.807) is 60.7 Å². The van der Waals surface area contributed by atoms with Crippen LogP contribution in [0.25, 0.3) is 0 Å². The molecule has 0 unspecified atom stereocenters. The Hall–Kier alpha value is -14.9. The number of carbonyl (C=O) groups is 13. The average molecular weight is 1730 g/mol. The second kappa shape index (κ2) is 43.4. The molecule has 31 heteroatoms. The van der Waals surface area contributed by atoms with Crippen LogP contribution in [0.4, 0.5) is 0 Å². The number of hydrogen-bond acceptors (Lipinski definition) is 31. The Morgan fingerprint density at radius 3 is 0.835 bits per heavy atom. The van der Waals surface area contributed by atoms with Crippen LogP contribution in [0.1, 0.15) is 124 Å². The van der Waals surface area contributed by atoms with E-state index in [4.69, 9.17) is 85.3 Å². The van der Waals surface area contributed by atoms with Crippen molar-refractivity contribution in [1.29, 1.82) is 0 Å². The maximum absolute atomic E-state index is 15.5. The van der Waals surface area contributed by atoms with E-state index < -0.39 is 202 Å². The molecule has 13 rings (SSSR count). The number of rotatable bonds is 32. The molecule has 10 aromatic rings. The molecule has 0 radical (unpaired) electrons. The molecule has 0 saturated carbocycles. The Labute approximate surface area is 725 Å². The third-order valence-corrected chi connectivity index (χ3v) is 19.8. The van der Waals surface area contributed by atoms with E-state index in [9.17, 15) is 28.8 Å². The van der Waals surface area contributed by atoms with E-state index in [-0.39, 0.29) is 55.6 Å². The zero-order valence-corrected chi connectivity index (χ0v) is 68.0. The molecule has 3 saturated heterocycles. The summed E-state index contributed by atoms with van der Waals surface area (Å²) in [5.41, 5.74) is -1.51. The Bertz CT molecular complexity index is 5430. The van der Waals surface area contributed by atoms with Crippen molar-refractivity contribution in [1.82, 2.24) is 0 Å². The molecule has 0 aromatic heterocycles. The fraction of sp³-hybridized carbons (Fsp3) is 0.240. The Morgan fingerprint density at radius 1 is 0.228 bits per heavy atom. The standard InChI is InChI=1S/C96H82O31/c1-57(97)110-54-70(113-58(2)98)74-77(126-95-81(121-91(107)67-48-28-11-29-49-67)78(119-89(105)65-44-24-9-25-45-65)73(117-87(103)63-40-20-7-21-41-63)72(116-95)56-112-85(101)61-36-16-5-17-37-61)80(83(94(124-74)114-59(3)99)123-93(109)69-52-32-13-33-53-69)127-96-82(122-92(108)68-50-30-12-31-51-68)79(120-90(106)66-46-26-10-27-47-66)76(118-88(104)64-42-22-8-23-43-64)75(125-96)71(115-86(102)62-38-18-6-19-39-62)55-111-84(100)60-34-14-4-15-35-60/h4-53,70-83,94-96H,54-56H2,1-3H3/t70-,71-,72+,73+,74+,75+,76+,77+,78-,79-,80-,81+,82-,83-,94-,95-,96+/m0/s1. The molecule has 3 fully saturated rings. The van der Waals surface area contributed by atoms with Gasteiger partial charge in [-0.15, -0.1) is 0 Å². The molecule has 17 atom stereocenters. The van der Waals surface area contributed by atoms with E-state index in [1.165, 1.54) is 243 Å². The van der Waals surface area contributed by atoms with Crippen LogP contribution in [-0.2, 0) is 99.6 Å². The molecule has 3 aliphatic heterocycles. The molecule has 0 N–H and O–H groups in total. The maximum atomic E-state index is 15.5. The van der Waals surface area contributed by atoms with E-state index in [2.05, 4.69) is 0 Å². The molecule has 0 spiro atoms. The summed E-state index contributed by atoms with van der Waals surface area (Å²) in [5.74, 6) is -15.2. The summed E-state index contributed by atoms with van der Waals surface area (Å²) < 4.78 is 117. The molecule has 0 aliphatic carbocycles. The largest absolute Gasteiger partial charge is 0.462 e. The quantitative estimate of drug-likeness (QED) is 0.0279. The van der Waals surface area contributed by atoms with Crippen LogP contribution in [-0.4, -0.2) is 202 Å². The fourth-order valence-electron chi connectivity index (χ4n) is 13.9. The van der Waals surface area contributed by atoms with Gasteiger partial charge in [-0.1, -0.05) is 182 Å². The SMILES string of the molecule is CC(=O)OC[C@H](OC(C)=O)[C@H]1O[C@H](OC(C)=O)[C@@H](OC(=O)c2ccccc2)[C@@H](O[C@H]2O[C@H]([C@H](COC(=O)c3ccccc3)OC(=O)c3ccccc3)[C@@H](OC(=O)c3ccccc3)[C@H](OC(=O)c3ccccc3)[C@@H]2OC(=O)c2ccccc2)[C@@H]1O[C@@H]1O[C@H](COC(=O)c2ccccc2)[C@@H](OC(=O)c2ccccc2)[C@H](OC(=O)c2ccccc2)[C@H]1OC(=O)c1ccccc1. The minimum atomic E-state index is -2.67. The van der Waals surface area contributed by atoms with Gasteiger partial charge < -0.3 is 85.3 Å². The highest BCUT2D eigenvalue weighted by Gasteiger charge is 2.63. The summed E-state index contributed by atoms with van der Waals surface area (Å²) in [6.07, 6.45) is -40.1. The fourth-order valence-corrected chi connectivity index (χ4v) is 13.9. The molecule has 0 amide bonds. The van der Waals surface area contributed by atoms with Crippen molar-refractivity contribution in [2.24, 2.45) is 0 Å². The third-order valence-electron chi connectivity index (χ3n) is 19.8. The van der Waals surface area contributed by atoms with Gasteiger partial charge in [0.05, 0.1) is 55.6 Å². The van der Waals surface area contributed by atoms with Crippen LogP contribution in [0, 0.1) is 0 Å². The topological polar surface area (TPSA) is 388 Å². The first-order chi connectivity index (χ1) is 61.6. The lowest BCUT2D eigenvalue weighted by Gasteiger charge is -2.51. The van der Waals surface area contributed by atoms with Gasteiger partial charge in [0, 0.05) is 20.8 Å². The van der Waals surface area contributed by atoms with Gasteiger partial charge in [-0.25, -0.2) is 47.9 Å². The highest BCUT2D eigenvalue weighted by atomic mass is 16.8. The van der Waals surface area contributed by atoms with Gasteiger partial charge in [0.25, 0.3) is 0 Å². The molecule has 127 heavy (non-hydrogen) atoms. The average Bonchev–Trinajstić information content (AvgIpc) is 0.747. The number of hydrogen-bond donors (Lipinski definition) is 0. The second-order valence-electron chi connectivity index (χ2n) is 28.6. The summed E-state index contributed by atoms with van der Waals surface area (Å²) >= 11 is 0. The molecule has 3 heterocycles. The predicted octanol–water partition coefficient (Wildman–Crippen LogP) is 11.5. The molecule has 0 bridgehead atoms. The lowest BCUT2D eigenvalue weighted by molar-refractivity contribution is -0.387. The maximum Gasteiger partial charge on any atom is 0.338 e. The highest BCUT2D eigenvalue weighted by Crippen LogP contribution is 2.42. The molecule has 31 nitrogen and oxygen atoms in total. The smallest absolute Gasteiger partial charge is 0.338 e. The lowest BCUT2D eigenvalue weighted by Crippen LogP contribution is -2.70. The van der Waals surface area contributed by atoms with Crippen molar-refractivity contribution in [3.05, 3.63) is 359 Å². The Morgan fingerprint density at radius 2 is 0.488 bits per heavy atom. The zero-order chi connectivity index (χ0) is 89.3. The van der Waals surface area contributed by atoms with E-state index in [0.717, 1.165) is 20.8 Å². The Kier molecular flexibility index (Phi) is 30.7. The van der Waals surface area contributed by atoms with Gasteiger partial charge in [0.1, 0.15) is 50.3 Å². The van der Waals surface area contributed by atoms with Crippen LogP contribution in [0.5, 0.6) is 0 Å². The number of benzene rings is 10. The Balaban J connectivity index is 1.08. The normalized spacial score (nSPS) is 22.1. The van der Waals surface area contributed by atoms with E-state index in [1.807, 2.05) is 0 Å². The number of carbonyl (C=O) groups excluding carboxylic acids is 13. The van der Waals surface area contributed by atoms with Gasteiger partial charge in [0.2, 0.25) is 6.29 Å². The minimum Gasteiger partial charge on any atom is -0.462 e. The van der Waals surface area contributed by atoms with Crippen molar-refractivity contribution in [2.75, 3.05) is 19.8 Å². The van der Waals surface area contributed by atoms with Crippen molar-refractivity contribution in [3.8, 4) is 0 Å². The summed E-state index contributed by atoms with van der Waals surface area (Å²) in [5, 5.41) is 0. The van der Waals surface area contributed by atoms with Crippen LogP contribution in [0.3, 0.4) is 0 Å². The van der Waals surface area contributed by atoms with Gasteiger partial charge in [-0.2, -0.15) is 0 Å². The molecular formula is C96H82O31. The third kappa shape index (κ3) is 23.7. The van der Waals surface area contributed by atoms with Crippen LogP contribution in [0.2, 0.25) is 0 Å². The molecular weight excluding hydrogens is 1650 g/mol. The number of ether oxygens (including phenoxy) is 18. The van der Waals surface area contributed by atoms with Crippen molar-refractivity contribution in [3.63, 3.8) is 0 Å². The monoisotopic (exact) mass is 1730 g/mol. The second-order valence-corrected chi connectivity index (χ2v) is 28.6. The summed E-state index contributed by atoms with van der Waals surface area (Å²) in [6, 6.07) is 72.5. The summed E-state index contributed by atoms with van der Waals surface area (Å²) in [7, 11) is 0. The van der Waals surface area contributed by atoms with Gasteiger partial charge in [-0.05, 0) is 121 Å². The van der Waals surface area contributed by atoms with Gasteiger partial charge in [-0.3, -0.25) is 14.4 Å². The minimum absolute atomic E-state index is 0.0258. The number of esters is 13.